The second kappa shape index (κ2) is 6.10. The van der Waals surface area contributed by atoms with E-state index >= 15 is 0 Å². The fourth-order valence-electron chi connectivity index (χ4n) is 2.88. The molecule has 0 bridgehead atoms. The first-order chi connectivity index (χ1) is 10.3. The minimum Gasteiger partial charge on any atom is -0.481 e. The molecule has 1 aromatic heterocycles. The van der Waals surface area contributed by atoms with Gasteiger partial charge in [0.05, 0.1) is 19.8 Å². The van der Waals surface area contributed by atoms with Crippen molar-refractivity contribution in [2.45, 2.75) is 25.4 Å². The van der Waals surface area contributed by atoms with Gasteiger partial charge in [0.1, 0.15) is 6.33 Å². The Morgan fingerprint density at radius 1 is 1.14 bits per heavy atom. The molecular weight excluding hydrogens is 266 g/mol. The van der Waals surface area contributed by atoms with Gasteiger partial charge >= 0.3 is 0 Å². The lowest BCUT2D eigenvalue weighted by atomic mass is 10.1. The van der Waals surface area contributed by atoms with Crippen LogP contribution in [0.15, 0.2) is 30.6 Å². The Balaban J connectivity index is 1.77. The summed E-state index contributed by atoms with van der Waals surface area (Å²) in [6, 6.07) is 8.93. The van der Waals surface area contributed by atoms with Crippen LogP contribution in [-0.4, -0.2) is 24.2 Å². The summed E-state index contributed by atoms with van der Waals surface area (Å²) < 4.78 is 10.6. The normalized spacial score (nSPS) is 16.6. The molecule has 0 fully saturated rings. The largest absolute Gasteiger partial charge is 0.481 e. The van der Waals surface area contributed by atoms with Crippen LogP contribution in [-0.2, 0) is 13.0 Å². The summed E-state index contributed by atoms with van der Waals surface area (Å²) >= 11 is 0. The van der Waals surface area contributed by atoms with E-state index in [1.807, 2.05) is 0 Å². The minimum absolute atomic E-state index is 0.357. The molecule has 5 heteroatoms. The predicted octanol–water partition coefficient (Wildman–Crippen LogP) is 2.27. The third-order valence-electron chi connectivity index (χ3n) is 3.91. The monoisotopic (exact) mass is 285 g/mol. The number of nitrogens with zero attached hydrogens (tertiary/aromatic N) is 2. The Labute approximate surface area is 124 Å². The number of fused-ring (bicyclic) bond motifs is 1. The van der Waals surface area contributed by atoms with Crippen LogP contribution < -0.4 is 14.8 Å². The van der Waals surface area contributed by atoms with Crippen molar-refractivity contribution in [2.24, 2.45) is 0 Å². The van der Waals surface area contributed by atoms with Gasteiger partial charge in [-0.15, -0.1) is 0 Å². The highest BCUT2D eigenvalue weighted by Crippen LogP contribution is 2.32. The molecule has 110 valence electrons. The van der Waals surface area contributed by atoms with Gasteiger partial charge in [-0.3, -0.25) is 0 Å². The van der Waals surface area contributed by atoms with Crippen molar-refractivity contribution in [1.29, 1.82) is 0 Å². The van der Waals surface area contributed by atoms with Crippen LogP contribution >= 0.6 is 0 Å². The Hall–Kier alpha value is -2.14. The van der Waals surface area contributed by atoms with Crippen LogP contribution in [0.5, 0.6) is 11.8 Å². The lowest BCUT2D eigenvalue weighted by Crippen LogP contribution is -2.20. The van der Waals surface area contributed by atoms with Gasteiger partial charge in [0.2, 0.25) is 11.8 Å². The third-order valence-corrected chi connectivity index (χ3v) is 3.91. The van der Waals surface area contributed by atoms with Crippen molar-refractivity contribution >= 4 is 0 Å². The first-order valence-corrected chi connectivity index (χ1v) is 7.06. The van der Waals surface area contributed by atoms with E-state index in [0.717, 1.165) is 18.4 Å². The van der Waals surface area contributed by atoms with Crippen LogP contribution in [0.4, 0.5) is 0 Å². The molecule has 1 aromatic carbocycles. The number of ether oxygens (including phenoxy) is 2. The fraction of sp³-hybridized carbons (Fsp3) is 0.375. The molecule has 1 aliphatic carbocycles. The highest BCUT2D eigenvalue weighted by molar-refractivity contribution is 5.36. The lowest BCUT2D eigenvalue weighted by Gasteiger charge is -2.16. The molecule has 2 aromatic rings. The average Bonchev–Trinajstić information content (AvgIpc) is 2.95. The van der Waals surface area contributed by atoms with E-state index in [2.05, 4.69) is 39.6 Å². The van der Waals surface area contributed by atoms with Crippen LogP contribution in [0.2, 0.25) is 0 Å². The number of aromatic nitrogens is 2. The Kier molecular flexibility index (Phi) is 4.01. The Morgan fingerprint density at radius 3 is 2.57 bits per heavy atom. The molecule has 1 unspecified atom stereocenters. The number of rotatable bonds is 5. The Bertz CT molecular complexity index is 608. The molecule has 0 saturated heterocycles. The maximum absolute atomic E-state index is 5.30. The molecule has 1 aliphatic rings. The summed E-state index contributed by atoms with van der Waals surface area (Å²) in [7, 11) is 3.21. The molecule has 0 amide bonds. The van der Waals surface area contributed by atoms with E-state index < -0.39 is 0 Å². The van der Waals surface area contributed by atoms with Gasteiger partial charge in [0.25, 0.3) is 0 Å². The summed E-state index contributed by atoms with van der Waals surface area (Å²) in [4.78, 5) is 8.28. The smallest absolute Gasteiger partial charge is 0.224 e. The molecule has 5 nitrogen and oxygen atoms in total. The lowest BCUT2D eigenvalue weighted by molar-refractivity contribution is 0.356. The van der Waals surface area contributed by atoms with E-state index in [0.29, 0.717) is 24.3 Å². The molecule has 1 heterocycles. The van der Waals surface area contributed by atoms with E-state index in [9.17, 15) is 0 Å². The second-order valence-corrected chi connectivity index (χ2v) is 5.04. The molecule has 0 saturated carbocycles. The predicted molar refractivity (Wildman–Crippen MR) is 79.5 cm³/mol. The molecule has 1 N–H and O–H groups in total. The third kappa shape index (κ3) is 2.69. The van der Waals surface area contributed by atoms with Crippen molar-refractivity contribution in [3.63, 3.8) is 0 Å². The number of nitrogens with one attached hydrogen (secondary N) is 1. The maximum Gasteiger partial charge on any atom is 0.224 e. The maximum atomic E-state index is 5.30. The first-order valence-electron chi connectivity index (χ1n) is 7.06. The summed E-state index contributed by atoms with van der Waals surface area (Å²) in [6.45, 7) is 0.617. The molecule has 21 heavy (non-hydrogen) atoms. The molecule has 1 atom stereocenters. The van der Waals surface area contributed by atoms with Crippen LogP contribution in [0, 0.1) is 0 Å². The van der Waals surface area contributed by atoms with Gasteiger partial charge in [0.15, 0.2) is 0 Å². The summed E-state index contributed by atoms with van der Waals surface area (Å²) in [5.74, 6) is 1.11. The number of hydrogen-bond donors (Lipinski definition) is 1. The van der Waals surface area contributed by atoms with Gasteiger partial charge in [-0.25, -0.2) is 9.97 Å². The first kappa shape index (κ1) is 13.8. The minimum atomic E-state index is 0.357. The second-order valence-electron chi connectivity index (χ2n) is 5.04. The standard InChI is InChI=1S/C16H19N3O2/c1-20-15-13(16(21-2)19-10-18-15)9-17-14-8-7-11-5-3-4-6-12(11)14/h3-6,10,14,17H,7-9H2,1-2H3. The summed E-state index contributed by atoms with van der Waals surface area (Å²) in [5.41, 5.74) is 3.66. The van der Waals surface area contributed by atoms with E-state index in [1.54, 1.807) is 14.2 Å². The van der Waals surface area contributed by atoms with Crippen LogP contribution in [0.1, 0.15) is 29.2 Å². The van der Waals surface area contributed by atoms with E-state index in [4.69, 9.17) is 9.47 Å². The van der Waals surface area contributed by atoms with Gasteiger partial charge in [0, 0.05) is 12.6 Å². The summed E-state index contributed by atoms with van der Waals surface area (Å²) in [6.07, 6.45) is 3.68. The number of hydrogen-bond acceptors (Lipinski definition) is 5. The fourth-order valence-corrected chi connectivity index (χ4v) is 2.88. The van der Waals surface area contributed by atoms with Crippen molar-refractivity contribution in [3.8, 4) is 11.8 Å². The zero-order valence-corrected chi connectivity index (χ0v) is 12.3. The van der Waals surface area contributed by atoms with Gasteiger partial charge in [-0.2, -0.15) is 0 Å². The van der Waals surface area contributed by atoms with Gasteiger partial charge in [-0.05, 0) is 24.0 Å². The van der Waals surface area contributed by atoms with Gasteiger partial charge < -0.3 is 14.8 Å². The number of methoxy groups -OCH3 is 2. The molecule has 0 aliphatic heterocycles. The zero-order chi connectivity index (χ0) is 14.7. The van der Waals surface area contributed by atoms with E-state index in [-0.39, 0.29) is 0 Å². The Morgan fingerprint density at radius 2 is 1.86 bits per heavy atom. The molecular formula is C16H19N3O2. The number of aryl methyl sites for hydroxylation is 1. The molecule has 0 radical (unpaired) electrons. The van der Waals surface area contributed by atoms with Crippen LogP contribution in [0.25, 0.3) is 0 Å². The van der Waals surface area contributed by atoms with Crippen molar-refractivity contribution in [3.05, 3.63) is 47.3 Å². The zero-order valence-electron chi connectivity index (χ0n) is 12.3. The van der Waals surface area contributed by atoms with Crippen LogP contribution in [0.3, 0.4) is 0 Å². The van der Waals surface area contributed by atoms with Crippen molar-refractivity contribution in [2.75, 3.05) is 14.2 Å². The molecule has 3 rings (SSSR count). The number of benzene rings is 1. The van der Waals surface area contributed by atoms with Crippen molar-refractivity contribution < 1.29 is 9.47 Å². The highest BCUT2D eigenvalue weighted by Gasteiger charge is 2.22. The van der Waals surface area contributed by atoms with Crippen molar-refractivity contribution in [1.82, 2.24) is 15.3 Å². The van der Waals surface area contributed by atoms with Gasteiger partial charge in [-0.1, -0.05) is 24.3 Å². The van der Waals surface area contributed by atoms with E-state index in [1.165, 1.54) is 17.5 Å². The molecule has 0 spiro atoms. The average molecular weight is 285 g/mol. The quantitative estimate of drug-likeness (QED) is 0.913. The summed E-state index contributed by atoms with van der Waals surface area (Å²) in [5, 5.41) is 3.56. The highest BCUT2D eigenvalue weighted by atomic mass is 16.5. The topological polar surface area (TPSA) is 56.3 Å². The SMILES string of the molecule is COc1ncnc(OC)c1CNC1CCc2ccccc21.